The van der Waals surface area contributed by atoms with Gasteiger partial charge in [-0.2, -0.15) is 0 Å². The highest BCUT2D eigenvalue weighted by atomic mass is 16.5. The van der Waals surface area contributed by atoms with Crippen molar-refractivity contribution in [2.75, 3.05) is 7.11 Å². The Morgan fingerprint density at radius 1 is 0.833 bits per heavy atom. The van der Waals surface area contributed by atoms with Crippen molar-refractivity contribution in [2.45, 2.75) is 5.92 Å². The fourth-order valence-corrected chi connectivity index (χ4v) is 3.01. The van der Waals surface area contributed by atoms with Gasteiger partial charge in [-0.05, 0) is 23.3 Å². The van der Waals surface area contributed by atoms with Crippen molar-refractivity contribution >= 4 is 11.0 Å². The first kappa shape index (κ1) is 14.6. The number of hydrogen-bond acceptors (Lipinski definition) is 2. The van der Waals surface area contributed by atoms with Crippen molar-refractivity contribution < 1.29 is 9.15 Å². The fourth-order valence-electron chi connectivity index (χ4n) is 3.01. The highest BCUT2D eigenvalue weighted by molar-refractivity contribution is 5.79. The van der Waals surface area contributed by atoms with E-state index >= 15 is 0 Å². The third kappa shape index (κ3) is 2.67. The molecular weight excluding hydrogens is 296 g/mol. The zero-order chi connectivity index (χ0) is 16.4. The van der Waals surface area contributed by atoms with E-state index in [9.17, 15) is 0 Å². The van der Waals surface area contributed by atoms with Gasteiger partial charge in [0, 0.05) is 17.5 Å². The third-order valence-electron chi connectivity index (χ3n) is 4.19. The molecule has 2 nitrogen and oxygen atoms in total. The Morgan fingerprint density at radius 3 is 2.04 bits per heavy atom. The molecule has 0 aliphatic rings. The summed E-state index contributed by atoms with van der Waals surface area (Å²) in [6.45, 7) is 0. The van der Waals surface area contributed by atoms with Crippen LogP contribution in [-0.4, -0.2) is 7.11 Å². The quantitative estimate of drug-likeness (QED) is 0.502. The number of hydrogen-bond donors (Lipinski definition) is 0. The molecule has 4 aromatic rings. The van der Waals surface area contributed by atoms with E-state index in [4.69, 9.17) is 9.15 Å². The van der Waals surface area contributed by atoms with Gasteiger partial charge >= 0.3 is 0 Å². The molecule has 0 atom stereocenters. The molecule has 0 bridgehead atoms. The minimum absolute atomic E-state index is 0.0193. The van der Waals surface area contributed by atoms with Crippen molar-refractivity contribution in [2.24, 2.45) is 0 Å². The Morgan fingerprint density at radius 2 is 1.46 bits per heavy atom. The average Bonchev–Trinajstić information content (AvgIpc) is 3.06. The van der Waals surface area contributed by atoms with Crippen molar-refractivity contribution in [3.63, 3.8) is 0 Å². The molecule has 2 heteroatoms. The Bertz CT molecular complexity index is 900. The Balaban J connectivity index is 1.87. The molecule has 0 unspecified atom stereocenters. The molecule has 4 rings (SSSR count). The van der Waals surface area contributed by atoms with E-state index in [0.29, 0.717) is 0 Å². The van der Waals surface area contributed by atoms with E-state index < -0.39 is 0 Å². The van der Waals surface area contributed by atoms with Crippen LogP contribution in [0.2, 0.25) is 0 Å². The maximum atomic E-state index is 6.15. The highest BCUT2D eigenvalue weighted by Crippen LogP contribution is 2.35. The van der Waals surface area contributed by atoms with E-state index in [1.807, 2.05) is 30.3 Å². The molecule has 0 saturated carbocycles. The lowest BCUT2D eigenvalue weighted by Crippen LogP contribution is -2.01. The Labute approximate surface area is 141 Å². The van der Waals surface area contributed by atoms with Gasteiger partial charge in [-0.1, -0.05) is 60.7 Å². The molecule has 0 fully saturated rings. The van der Waals surface area contributed by atoms with Crippen LogP contribution < -0.4 is 4.74 Å². The smallest absolute Gasteiger partial charge is 0.138 e. The van der Waals surface area contributed by atoms with Crippen LogP contribution in [0.15, 0.2) is 83.3 Å². The molecule has 1 heterocycles. The lowest BCUT2D eigenvalue weighted by atomic mass is 9.89. The fraction of sp³-hybridized carbons (Fsp3) is 0.0909. The second kappa shape index (κ2) is 6.25. The number of fused-ring (bicyclic) bond motifs is 1. The van der Waals surface area contributed by atoms with E-state index in [2.05, 4.69) is 54.6 Å². The molecule has 0 aliphatic carbocycles. The summed E-state index contributed by atoms with van der Waals surface area (Å²) in [5, 5.41) is 0.961. The monoisotopic (exact) mass is 313 g/mol. The van der Waals surface area contributed by atoms with Crippen LogP contribution >= 0.6 is 0 Å². The summed E-state index contributed by atoms with van der Waals surface area (Å²) in [5.41, 5.74) is 3.16. The molecule has 1 aromatic heterocycles. The third-order valence-corrected chi connectivity index (χ3v) is 4.19. The van der Waals surface area contributed by atoms with Crippen LogP contribution in [0.25, 0.3) is 11.0 Å². The maximum absolute atomic E-state index is 6.15. The predicted octanol–water partition coefficient (Wildman–Crippen LogP) is 5.42. The molecule has 3 aromatic carbocycles. The number of furan rings is 1. The molecule has 0 spiro atoms. The SMILES string of the molecule is COc1ccc2[c]c(C(c3ccccc3)c3ccccc3)oc2c1. The van der Waals surface area contributed by atoms with Crippen molar-refractivity contribution in [1.82, 2.24) is 0 Å². The lowest BCUT2D eigenvalue weighted by molar-refractivity contribution is 0.414. The van der Waals surface area contributed by atoms with Crippen LogP contribution in [0.1, 0.15) is 22.8 Å². The summed E-state index contributed by atoms with van der Waals surface area (Å²) in [5.74, 6) is 1.62. The number of methoxy groups -OCH3 is 1. The van der Waals surface area contributed by atoms with Gasteiger partial charge in [0.2, 0.25) is 0 Å². The van der Waals surface area contributed by atoms with Crippen LogP contribution in [0.4, 0.5) is 0 Å². The zero-order valence-corrected chi connectivity index (χ0v) is 13.4. The van der Waals surface area contributed by atoms with E-state index in [0.717, 1.165) is 22.5 Å². The summed E-state index contributed by atoms with van der Waals surface area (Å²) < 4.78 is 11.4. The van der Waals surface area contributed by atoms with E-state index in [1.54, 1.807) is 7.11 Å². The molecule has 0 saturated heterocycles. The molecular formula is C22H17O2. The molecule has 117 valence electrons. The van der Waals surface area contributed by atoms with Crippen molar-refractivity contribution in [3.8, 4) is 5.75 Å². The number of rotatable bonds is 4. The van der Waals surface area contributed by atoms with Gasteiger partial charge in [0.25, 0.3) is 0 Å². The average molecular weight is 313 g/mol. The molecule has 1 radical (unpaired) electrons. The first-order valence-corrected chi connectivity index (χ1v) is 7.95. The summed E-state index contributed by atoms with van der Waals surface area (Å²) in [7, 11) is 1.66. The summed E-state index contributed by atoms with van der Waals surface area (Å²) in [6, 6.07) is 30.0. The van der Waals surface area contributed by atoms with Crippen LogP contribution in [0.5, 0.6) is 5.75 Å². The van der Waals surface area contributed by atoms with Gasteiger partial charge in [0.05, 0.1) is 13.0 Å². The van der Waals surface area contributed by atoms with Gasteiger partial charge in [-0.3, -0.25) is 0 Å². The highest BCUT2D eigenvalue weighted by Gasteiger charge is 2.21. The number of benzene rings is 3. The van der Waals surface area contributed by atoms with Gasteiger partial charge < -0.3 is 9.15 Å². The first-order chi connectivity index (χ1) is 11.8. The van der Waals surface area contributed by atoms with Gasteiger partial charge in [-0.25, -0.2) is 0 Å². The van der Waals surface area contributed by atoms with Crippen LogP contribution in [0.3, 0.4) is 0 Å². The van der Waals surface area contributed by atoms with Gasteiger partial charge in [-0.15, -0.1) is 0 Å². The molecule has 0 N–H and O–H groups in total. The van der Waals surface area contributed by atoms with Crippen LogP contribution in [-0.2, 0) is 0 Å². The Kier molecular flexibility index (Phi) is 3.80. The van der Waals surface area contributed by atoms with E-state index in [-0.39, 0.29) is 5.92 Å². The van der Waals surface area contributed by atoms with Gasteiger partial charge in [0.15, 0.2) is 0 Å². The Hall–Kier alpha value is -3.00. The van der Waals surface area contributed by atoms with Crippen molar-refractivity contribution in [1.29, 1.82) is 0 Å². The van der Waals surface area contributed by atoms with Crippen LogP contribution in [0, 0.1) is 6.07 Å². The van der Waals surface area contributed by atoms with E-state index in [1.165, 1.54) is 11.1 Å². The van der Waals surface area contributed by atoms with Gasteiger partial charge in [0.1, 0.15) is 17.1 Å². The first-order valence-electron chi connectivity index (χ1n) is 7.95. The summed E-state index contributed by atoms with van der Waals surface area (Å²) in [4.78, 5) is 0. The second-order valence-corrected chi connectivity index (χ2v) is 5.71. The normalized spacial score (nSPS) is 11.1. The minimum atomic E-state index is 0.0193. The number of ether oxygens (including phenoxy) is 1. The zero-order valence-electron chi connectivity index (χ0n) is 13.4. The maximum Gasteiger partial charge on any atom is 0.138 e. The molecule has 24 heavy (non-hydrogen) atoms. The summed E-state index contributed by atoms with van der Waals surface area (Å²) >= 11 is 0. The predicted molar refractivity (Wildman–Crippen MR) is 95.4 cm³/mol. The minimum Gasteiger partial charge on any atom is -0.497 e. The lowest BCUT2D eigenvalue weighted by Gasteiger charge is -2.15. The molecule has 0 aliphatic heterocycles. The summed E-state index contributed by atoms with van der Waals surface area (Å²) in [6.07, 6.45) is 0. The topological polar surface area (TPSA) is 22.4 Å². The second-order valence-electron chi connectivity index (χ2n) is 5.71. The van der Waals surface area contributed by atoms with Crippen molar-refractivity contribution in [3.05, 3.63) is 102 Å². The molecule has 0 amide bonds. The largest absolute Gasteiger partial charge is 0.497 e. The standard InChI is InChI=1S/C22H17O2/c1-23-19-13-12-18-14-21(24-20(18)15-19)22(16-8-4-2-5-9-16)17-10-6-3-7-11-17/h2-13,15,22H,1H3.